The molecule has 0 aromatic heterocycles. The van der Waals surface area contributed by atoms with Gasteiger partial charge in [-0.05, 0) is 60.6 Å². The second-order valence-corrected chi connectivity index (χ2v) is 8.02. The molecule has 2 aromatic carbocycles. The summed E-state index contributed by atoms with van der Waals surface area (Å²) in [4.78, 5) is 26.1. The van der Waals surface area contributed by atoms with Gasteiger partial charge in [-0.1, -0.05) is 36.7 Å². The maximum absolute atomic E-state index is 13.7. The molecule has 1 saturated carbocycles. The highest BCUT2D eigenvalue weighted by Gasteiger charge is 2.30. The molecule has 0 saturated heterocycles. The molecule has 6 heteroatoms. The van der Waals surface area contributed by atoms with E-state index in [0.29, 0.717) is 30.0 Å². The Balaban J connectivity index is 1.61. The summed E-state index contributed by atoms with van der Waals surface area (Å²) in [6.07, 6.45) is 3.34. The zero-order valence-corrected chi connectivity index (χ0v) is 17.5. The first kappa shape index (κ1) is 21.3. The van der Waals surface area contributed by atoms with Crippen molar-refractivity contribution in [3.63, 3.8) is 0 Å². The average Bonchev–Trinajstić information content (AvgIpc) is 3.22. The van der Waals surface area contributed by atoms with E-state index in [9.17, 15) is 14.0 Å². The summed E-state index contributed by atoms with van der Waals surface area (Å²) in [6.45, 7) is 2.52. The number of halogens is 2. The zero-order chi connectivity index (χ0) is 21.0. The van der Waals surface area contributed by atoms with Crippen LogP contribution in [-0.4, -0.2) is 36.3 Å². The molecule has 2 aromatic rings. The lowest BCUT2D eigenvalue weighted by Gasteiger charge is -2.25. The highest BCUT2D eigenvalue weighted by Crippen LogP contribution is 2.30. The first-order valence-corrected chi connectivity index (χ1v) is 10.4. The number of carbonyl (C=O) groups is 2. The van der Waals surface area contributed by atoms with Crippen molar-refractivity contribution in [1.82, 2.24) is 10.2 Å². The molecule has 2 amide bonds. The van der Waals surface area contributed by atoms with Gasteiger partial charge >= 0.3 is 0 Å². The molecule has 2 unspecified atom stereocenters. The first-order valence-electron chi connectivity index (χ1n) is 9.98. The molecule has 1 fully saturated rings. The van der Waals surface area contributed by atoms with Crippen LogP contribution in [0, 0.1) is 11.7 Å². The van der Waals surface area contributed by atoms with Crippen LogP contribution in [0.25, 0.3) is 11.1 Å². The lowest BCUT2D eigenvalue weighted by Crippen LogP contribution is -2.36. The van der Waals surface area contributed by atoms with Crippen molar-refractivity contribution in [2.75, 3.05) is 13.6 Å². The maximum Gasteiger partial charge on any atom is 0.253 e. The van der Waals surface area contributed by atoms with Gasteiger partial charge in [0, 0.05) is 31.6 Å². The van der Waals surface area contributed by atoms with Crippen molar-refractivity contribution in [2.45, 2.75) is 38.6 Å². The van der Waals surface area contributed by atoms with Gasteiger partial charge in [0.1, 0.15) is 5.82 Å². The van der Waals surface area contributed by atoms with E-state index in [2.05, 4.69) is 5.32 Å². The standard InChI is InChI=1S/C23H26ClFN2O2/c1-3-22(28)26-14-15-4-10-19(12-15)27(2)23(29)17-7-5-16(6-8-17)18-9-11-20(24)21(25)13-18/h5-9,11,13,15,19H,3-4,10,12,14H2,1-2H3,(H,26,28). The van der Waals surface area contributed by atoms with Gasteiger partial charge in [-0.3, -0.25) is 9.59 Å². The van der Waals surface area contributed by atoms with E-state index in [-0.39, 0.29) is 22.9 Å². The topological polar surface area (TPSA) is 49.4 Å². The molecule has 1 aliphatic carbocycles. The summed E-state index contributed by atoms with van der Waals surface area (Å²) < 4.78 is 13.7. The van der Waals surface area contributed by atoms with Gasteiger partial charge in [0.2, 0.25) is 5.91 Å². The molecule has 0 radical (unpaired) electrons. The van der Waals surface area contributed by atoms with Crippen LogP contribution in [0.4, 0.5) is 4.39 Å². The smallest absolute Gasteiger partial charge is 0.253 e. The minimum atomic E-state index is -0.463. The third-order valence-corrected chi connectivity index (χ3v) is 5.98. The highest BCUT2D eigenvalue weighted by molar-refractivity contribution is 6.30. The molecule has 0 aliphatic heterocycles. The van der Waals surface area contributed by atoms with E-state index in [1.165, 1.54) is 12.1 Å². The Bertz CT molecular complexity index is 885. The quantitative estimate of drug-likeness (QED) is 0.727. The SMILES string of the molecule is CCC(=O)NCC1CCC(N(C)C(=O)c2ccc(-c3ccc(Cl)c(F)c3)cc2)C1. The van der Waals surface area contributed by atoms with Crippen molar-refractivity contribution >= 4 is 23.4 Å². The Labute approximate surface area is 176 Å². The van der Waals surface area contributed by atoms with Gasteiger partial charge in [-0.2, -0.15) is 0 Å². The van der Waals surface area contributed by atoms with Crippen molar-refractivity contribution < 1.29 is 14.0 Å². The van der Waals surface area contributed by atoms with E-state index in [1.807, 2.05) is 26.1 Å². The van der Waals surface area contributed by atoms with Gasteiger partial charge in [-0.25, -0.2) is 4.39 Å². The minimum Gasteiger partial charge on any atom is -0.356 e. The Morgan fingerprint density at radius 2 is 1.83 bits per heavy atom. The summed E-state index contributed by atoms with van der Waals surface area (Å²) >= 11 is 5.74. The number of amides is 2. The number of rotatable bonds is 6. The predicted molar refractivity (Wildman–Crippen MR) is 113 cm³/mol. The molecular weight excluding hydrogens is 391 g/mol. The Hall–Kier alpha value is -2.40. The molecule has 0 heterocycles. The van der Waals surface area contributed by atoms with Crippen LogP contribution in [0.15, 0.2) is 42.5 Å². The minimum absolute atomic E-state index is 0.0259. The average molecular weight is 417 g/mol. The molecule has 2 atom stereocenters. The number of nitrogens with zero attached hydrogens (tertiary/aromatic N) is 1. The molecule has 4 nitrogen and oxygen atoms in total. The third kappa shape index (κ3) is 5.15. The lowest BCUT2D eigenvalue weighted by molar-refractivity contribution is -0.120. The Morgan fingerprint density at radius 1 is 1.14 bits per heavy atom. The van der Waals surface area contributed by atoms with E-state index in [0.717, 1.165) is 24.8 Å². The molecule has 29 heavy (non-hydrogen) atoms. The van der Waals surface area contributed by atoms with Gasteiger partial charge in [-0.15, -0.1) is 0 Å². The van der Waals surface area contributed by atoms with Crippen molar-refractivity contribution in [3.05, 3.63) is 58.9 Å². The normalized spacial score (nSPS) is 18.5. The molecule has 3 rings (SSSR count). The van der Waals surface area contributed by atoms with E-state index in [1.54, 1.807) is 23.1 Å². The van der Waals surface area contributed by atoms with E-state index < -0.39 is 5.82 Å². The van der Waals surface area contributed by atoms with E-state index in [4.69, 9.17) is 11.6 Å². The summed E-state index contributed by atoms with van der Waals surface area (Å²) in [6, 6.07) is 12.0. The van der Waals surface area contributed by atoms with Crippen LogP contribution >= 0.6 is 11.6 Å². The monoisotopic (exact) mass is 416 g/mol. The fourth-order valence-electron chi connectivity index (χ4n) is 3.82. The van der Waals surface area contributed by atoms with Crippen molar-refractivity contribution in [1.29, 1.82) is 0 Å². The van der Waals surface area contributed by atoms with Crippen LogP contribution < -0.4 is 5.32 Å². The van der Waals surface area contributed by atoms with Gasteiger partial charge in [0.05, 0.1) is 5.02 Å². The first-order chi connectivity index (χ1) is 13.9. The van der Waals surface area contributed by atoms with Crippen LogP contribution in [0.1, 0.15) is 43.0 Å². The number of carbonyl (C=O) groups excluding carboxylic acids is 2. The van der Waals surface area contributed by atoms with Crippen molar-refractivity contribution in [2.24, 2.45) is 5.92 Å². The molecule has 1 aliphatic rings. The lowest BCUT2D eigenvalue weighted by atomic mass is 10.0. The molecule has 0 bridgehead atoms. The number of hydrogen-bond acceptors (Lipinski definition) is 2. The highest BCUT2D eigenvalue weighted by atomic mass is 35.5. The Kier molecular flexibility index (Phi) is 6.91. The molecule has 154 valence electrons. The second-order valence-electron chi connectivity index (χ2n) is 7.61. The number of hydrogen-bond donors (Lipinski definition) is 1. The molecule has 0 spiro atoms. The van der Waals surface area contributed by atoms with Crippen LogP contribution in [0.2, 0.25) is 5.02 Å². The largest absolute Gasteiger partial charge is 0.356 e. The van der Waals surface area contributed by atoms with Crippen LogP contribution in [-0.2, 0) is 4.79 Å². The maximum atomic E-state index is 13.7. The van der Waals surface area contributed by atoms with Gasteiger partial charge < -0.3 is 10.2 Å². The second kappa shape index (κ2) is 9.40. The third-order valence-electron chi connectivity index (χ3n) is 5.68. The van der Waals surface area contributed by atoms with Crippen molar-refractivity contribution in [3.8, 4) is 11.1 Å². The molecule has 1 N–H and O–H groups in total. The Morgan fingerprint density at radius 3 is 2.48 bits per heavy atom. The van der Waals surface area contributed by atoms with E-state index >= 15 is 0 Å². The fourth-order valence-corrected chi connectivity index (χ4v) is 3.94. The summed E-state index contributed by atoms with van der Waals surface area (Å²) in [7, 11) is 1.84. The fraction of sp³-hybridized carbons (Fsp3) is 0.391. The number of nitrogens with one attached hydrogen (secondary N) is 1. The zero-order valence-electron chi connectivity index (χ0n) is 16.8. The summed E-state index contributed by atoms with van der Waals surface area (Å²) in [5.74, 6) is -0.0106. The van der Waals surface area contributed by atoms with Gasteiger partial charge in [0.25, 0.3) is 5.91 Å². The summed E-state index contributed by atoms with van der Waals surface area (Å²) in [5.41, 5.74) is 2.15. The van der Waals surface area contributed by atoms with Crippen LogP contribution in [0.5, 0.6) is 0 Å². The van der Waals surface area contributed by atoms with Crippen LogP contribution in [0.3, 0.4) is 0 Å². The van der Waals surface area contributed by atoms with Gasteiger partial charge in [0.15, 0.2) is 0 Å². The number of benzene rings is 2. The summed E-state index contributed by atoms with van der Waals surface area (Å²) in [5, 5.41) is 3.04. The molecular formula is C23H26ClFN2O2. The predicted octanol–water partition coefficient (Wildman–Crippen LogP) is 4.91.